The van der Waals surface area contributed by atoms with Crippen LogP contribution in [0.5, 0.6) is 0 Å². The predicted molar refractivity (Wildman–Crippen MR) is 69.9 cm³/mol. The van der Waals surface area contributed by atoms with Gasteiger partial charge in [0.2, 0.25) is 0 Å². The van der Waals surface area contributed by atoms with Gasteiger partial charge in [0.15, 0.2) is 0 Å². The minimum Gasteiger partial charge on any atom is -0.295 e. The summed E-state index contributed by atoms with van der Waals surface area (Å²) in [7, 11) is 0. The van der Waals surface area contributed by atoms with Gasteiger partial charge in [-0.15, -0.1) is 11.3 Å². The van der Waals surface area contributed by atoms with Gasteiger partial charge in [0.1, 0.15) is 0 Å². The van der Waals surface area contributed by atoms with E-state index in [2.05, 4.69) is 30.2 Å². The molecular formula is C14H21NS. The normalized spacial score (nSPS) is 26.1. The molecule has 1 aromatic rings. The number of hydrogen-bond acceptors (Lipinski definition) is 2. The molecule has 2 heterocycles. The molecule has 0 radical (unpaired) electrons. The minimum absolute atomic E-state index is 0.761. The Bertz CT molecular complexity index is 365. The van der Waals surface area contributed by atoms with Crippen molar-refractivity contribution in [2.24, 2.45) is 11.8 Å². The van der Waals surface area contributed by atoms with Gasteiger partial charge in [0, 0.05) is 24.0 Å². The third-order valence-electron chi connectivity index (χ3n) is 3.79. The molecule has 0 aromatic carbocycles. The van der Waals surface area contributed by atoms with Crippen LogP contribution in [-0.4, -0.2) is 18.0 Å². The van der Waals surface area contributed by atoms with E-state index in [9.17, 15) is 0 Å². The Morgan fingerprint density at radius 3 is 2.94 bits per heavy atom. The van der Waals surface area contributed by atoms with Crippen LogP contribution >= 0.6 is 11.3 Å². The van der Waals surface area contributed by atoms with E-state index in [1.807, 2.05) is 11.3 Å². The molecule has 2 heteroatoms. The van der Waals surface area contributed by atoms with E-state index >= 15 is 0 Å². The van der Waals surface area contributed by atoms with Crippen LogP contribution in [0.4, 0.5) is 0 Å². The van der Waals surface area contributed by atoms with E-state index in [4.69, 9.17) is 0 Å². The molecule has 88 valence electrons. The van der Waals surface area contributed by atoms with Crippen molar-refractivity contribution < 1.29 is 0 Å². The van der Waals surface area contributed by atoms with Gasteiger partial charge < -0.3 is 0 Å². The summed E-state index contributed by atoms with van der Waals surface area (Å²) in [6.45, 7) is 7.24. The number of hydrogen-bond donors (Lipinski definition) is 0. The number of fused-ring (bicyclic) bond motifs is 1. The van der Waals surface area contributed by atoms with Gasteiger partial charge in [-0.3, -0.25) is 4.90 Å². The Labute approximate surface area is 102 Å². The van der Waals surface area contributed by atoms with Gasteiger partial charge in [-0.25, -0.2) is 0 Å². The molecule has 0 spiro atoms. The van der Waals surface area contributed by atoms with Gasteiger partial charge in [-0.2, -0.15) is 0 Å². The Morgan fingerprint density at radius 1 is 1.44 bits per heavy atom. The monoisotopic (exact) mass is 235 g/mol. The van der Waals surface area contributed by atoms with Gasteiger partial charge in [0.05, 0.1) is 0 Å². The molecule has 1 unspecified atom stereocenters. The molecule has 1 aromatic heterocycles. The highest BCUT2D eigenvalue weighted by Crippen LogP contribution is 2.48. The van der Waals surface area contributed by atoms with E-state index in [1.165, 1.54) is 32.4 Å². The standard InChI is InChI=1S/C14H21NS/c1-10(2)9-15-7-5-13-12(6-8-16-13)14(15)11-3-4-11/h6,8,10-11,14H,3-5,7,9H2,1-2H3. The van der Waals surface area contributed by atoms with Crippen molar-refractivity contribution in [3.05, 3.63) is 21.9 Å². The van der Waals surface area contributed by atoms with Crippen molar-refractivity contribution in [3.63, 3.8) is 0 Å². The zero-order valence-corrected chi connectivity index (χ0v) is 11.1. The van der Waals surface area contributed by atoms with Crippen LogP contribution < -0.4 is 0 Å². The lowest BCUT2D eigenvalue weighted by Gasteiger charge is -2.37. The topological polar surface area (TPSA) is 3.24 Å². The summed E-state index contributed by atoms with van der Waals surface area (Å²) in [5.74, 6) is 1.76. The summed E-state index contributed by atoms with van der Waals surface area (Å²) in [6, 6.07) is 3.15. The number of nitrogens with zero attached hydrogens (tertiary/aromatic N) is 1. The average Bonchev–Trinajstić information content (AvgIpc) is 2.94. The summed E-state index contributed by atoms with van der Waals surface area (Å²) in [4.78, 5) is 4.41. The zero-order chi connectivity index (χ0) is 11.1. The fourth-order valence-electron chi connectivity index (χ4n) is 3.04. The summed E-state index contributed by atoms with van der Waals surface area (Å²) in [5.41, 5.74) is 1.67. The van der Waals surface area contributed by atoms with Crippen molar-refractivity contribution in [1.29, 1.82) is 0 Å². The third kappa shape index (κ3) is 1.93. The highest BCUT2D eigenvalue weighted by molar-refractivity contribution is 7.10. The molecule has 0 saturated heterocycles. The second-order valence-electron chi connectivity index (χ2n) is 5.72. The second kappa shape index (κ2) is 4.15. The minimum atomic E-state index is 0.761. The maximum absolute atomic E-state index is 2.75. The van der Waals surface area contributed by atoms with Crippen LogP contribution in [-0.2, 0) is 6.42 Å². The van der Waals surface area contributed by atoms with Gasteiger partial charge in [-0.1, -0.05) is 13.8 Å². The molecule has 1 aliphatic heterocycles. The average molecular weight is 235 g/mol. The smallest absolute Gasteiger partial charge is 0.0387 e. The molecule has 1 nitrogen and oxygen atoms in total. The van der Waals surface area contributed by atoms with Gasteiger partial charge in [0.25, 0.3) is 0 Å². The molecule has 0 N–H and O–H groups in total. The maximum Gasteiger partial charge on any atom is 0.0387 e. The first-order valence-corrected chi connectivity index (χ1v) is 7.44. The van der Waals surface area contributed by atoms with Crippen LogP contribution in [0, 0.1) is 11.8 Å². The van der Waals surface area contributed by atoms with Crippen molar-refractivity contribution in [1.82, 2.24) is 4.90 Å². The van der Waals surface area contributed by atoms with E-state index in [-0.39, 0.29) is 0 Å². The lowest BCUT2D eigenvalue weighted by molar-refractivity contribution is 0.148. The predicted octanol–water partition coefficient (Wildman–Crippen LogP) is 3.71. The molecule has 1 saturated carbocycles. The van der Waals surface area contributed by atoms with Crippen LogP contribution in [0.2, 0.25) is 0 Å². The molecule has 1 atom stereocenters. The Kier molecular flexibility index (Phi) is 2.80. The second-order valence-corrected chi connectivity index (χ2v) is 6.72. The summed E-state index contributed by atoms with van der Waals surface area (Å²) >= 11 is 1.97. The Balaban J connectivity index is 1.86. The molecule has 3 rings (SSSR count). The quantitative estimate of drug-likeness (QED) is 0.772. The van der Waals surface area contributed by atoms with Gasteiger partial charge in [-0.05, 0) is 48.1 Å². The fourth-order valence-corrected chi connectivity index (χ4v) is 3.95. The van der Waals surface area contributed by atoms with Crippen molar-refractivity contribution in [3.8, 4) is 0 Å². The number of thiophene rings is 1. The highest BCUT2D eigenvalue weighted by atomic mass is 32.1. The van der Waals surface area contributed by atoms with E-state index < -0.39 is 0 Å². The first-order chi connectivity index (χ1) is 7.75. The number of rotatable bonds is 3. The molecule has 0 amide bonds. The molecule has 16 heavy (non-hydrogen) atoms. The van der Waals surface area contributed by atoms with Crippen molar-refractivity contribution in [2.45, 2.75) is 39.2 Å². The molecule has 2 aliphatic rings. The molecule has 0 bridgehead atoms. The first kappa shape index (κ1) is 10.8. The SMILES string of the molecule is CC(C)CN1CCc2sccc2C1C1CC1. The summed E-state index contributed by atoms with van der Waals surface area (Å²) < 4.78 is 0. The van der Waals surface area contributed by atoms with E-state index in [0.29, 0.717) is 0 Å². The van der Waals surface area contributed by atoms with Crippen LogP contribution in [0.25, 0.3) is 0 Å². The van der Waals surface area contributed by atoms with Crippen molar-refractivity contribution in [2.75, 3.05) is 13.1 Å². The van der Waals surface area contributed by atoms with Crippen molar-refractivity contribution >= 4 is 11.3 Å². The largest absolute Gasteiger partial charge is 0.295 e. The first-order valence-electron chi connectivity index (χ1n) is 6.56. The Hall–Kier alpha value is -0.340. The molecular weight excluding hydrogens is 214 g/mol. The molecule has 1 fully saturated rings. The van der Waals surface area contributed by atoms with E-state index in [1.54, 1.807) is 10.4 Å². The van der Waals surface area contributed by atoms with Crippen LogP contribution in [0.3, 0.4) is 0 Å². The lowest BCUT2D eigenvalue weighted by Crippen LogP contribution is -2.38. The maximum atomic E-state index is 2.75. The Morgan fingerprint density at radius 2 is 2.25 bits per heavy atom. The van der Waals surface area contributed by atoms with Crippen LogP contribution in [0.15, 0.2) is 11.4 Å². The third-order valence-corrected chi connectivity index (χ3v) is 4.78. The lowest BCUT2D eigenvalue weighted by atomic mass is 9.95. The van der Waals surface area contributed by atoms with E-state index in [0.717, 1.165) is 17.9 Å². The fraction of sp³-hybridized carbons (Fsp3) is 0.714. The zero-order valence-electron chi connectivity index (χ0n) is 10.3. The molecule has 1 aliphatic carbocycles. The summed E-state index contributed by atoms with van der Waals surface area (Å²) in [6.07, 6.45) is 4.19. The van der Waals surface area contributed by atoms with Gasteiger partial charge >= 0.3 is 0 Å². The van der Waals surface area contributed by atoms with Crippen LogP contribution in [0.1, 0.15) is 43.2 Å². The summed E-state index contributed by atoms with van der Waals surface area (Å²) in [5, 5.41) is 2.29. The highest BCUT2D eigenvalue weighted by Gasteiger charge is 2.39.